The van der Waals surface area contributed by atoms with Crippen LogP contribution in [0, 0.1) is 5.82 Å². The van der Waals surface area contributed by atoms with E-state index in [1.165, 1.54) is 24.4 Å². The first-order chi connectivity index (χ1) is 12.2. The fraction of sp³-hybridized carbons (Fsp3) is 0. The van der Waals surface area contributed by atoms with Crippen molar-refractivity contribution in [1.82, 2.24) is 4.98 Å². The monoisotopic (exact) mass is 334 g/mol. The number of rotatable bonds is 5. The smallest absolute Gasteiger partial charge is 0.248 e. The van der Waals surface area contributed by atoms with Gasteiger partial charge in [-0.3, -0.25) is 4.79 Å². The summed E-state index contributed by atoms with van der Waals surface area (Å²) >= 11 is 0. The number of benzene rings is 2. The van der Waals surface area contributed by atoms with Gasteiger partial charge in [-0.2, -0.15) is 0 Å². The normalized spacial score (nSPS) is 10.6. The van der Waals surface area contributed by atoms with Crippen LogP contribution in [0.1, 0.15) is 5.56 Å². The topological polar surface area (TPSA) is 51.2 Å². The molecule has 1 amide bonds. The number of nitrogens with zero attached hydrogens (tertiary/aromatic N) is 1. The van der Waals surface area contributed by atoms with Gasteiger partial charge >= 0.3 is 0 Å². The molecule has 0 aliphatic carbocycles. The van der Waals surface area contributed by atoms with Crippen molar-refractivity contribution in [3.05, 3.63) is 90.4 Å². The molecule has 0 atom stereocenters. The number of halogens is 1. The second-order valence-corrected chi connectivity index (χ2v) is 5.15. The van der Waals surface area contributed by atoms with Crippen molar-refractivity contribution in [2.24, 2.45) is 0 Å². The van der Waals surface area contributed by atoms with Gasteiger partial charge in [-0.25, -0.2) is 9.37 Å². The van der Waals surface area contributed by atoms with Crippen molar-refractivity contribution in [3.8, 4) is 11.6 Å². The number of amides is 1. The molecular weight excluding hydrogens is 319 g/mol. The van der Waals surface area contributed by atoms with E-state index in [1.807, 2.05) is 30.3 Å². The van der Waals surface area contributed by atoms with Crippen molar-refractivity contribution in [2.45, 2.75) is 0 Å². The number of pyridine rings is 1. The van der Waals surface area contributed by atoms with E-state index in [2.05, 4.69) is 10.3 Å². The lowest BCUT2D eigenvalue weighted by Gasteiger charge is -2.06. The Morgan fingerprint density at radius 1 is 1.00 bits per heavy atom. The van der Waals surface area contributed by atoms with Crippen molar-refractivity contribution in [3.63, 3.8) is 0 Å². The molecule has 2 aromatic carbocycles. The molecule has 3 rings (SSSR count). The van der Waals surface area contributed by atoms with E-state index in [0.717, 1.165) is 5.56 Å². The van der Waals surface area contributed by atoms with E-state index in [1.54, 1.807) is 30.3 Å². The van der Waals surface area contributed by atoms with Gasteiger partial charge in [0.15, 0.2) is 11.6 Å². The molecular formula is C20H15FN2O2. The van der Waals surface area contributed by atoms with Gasteiger partial charge in [-0.1, -0.05) is 42.5 Å². The van der Waals surface area contributed by atoms with Gasteiger partial charge < -0.3 is 10.1 Å². The lowest BCUT2D eigenvalue weighted by atomic mass is 10.2. The molecule has 3 aromatic rings. The molecule has 124 valence electrons. The van der Waals surface area contributed by atoms with Gasteiger partial charge in [0.25, 0.3) is 0 Å². The van der Waals surface area contributed by atoms with Gasteiger partial charge in [0.05, 0.1) is 11.9 Å². The summed E-state index contributed by atoms with van der Waals surface area (Å²) in [4.78, 5) is 16.0. The van der Waals surface area contributed by atoms with Gasteiger partial charge in [-0.15, -0.1) is 0 Å². The first-order valence-electron chi connectivity index (χ1n) is 7.63. The Labute approximate surface area is 144 Å². The maximum Gasteiger partial charge on any atom is 0.248 e. The Kier molecular flexibility index (Phi) is 5.16. The van der Waals surface area contributed by atoms with Crippen LogP contribution in [0.4, 0.5) is 10.1 Å². The largest absolute Gasteiger partial charge is 0.436 e. The molecule has 0 unspecified atom stereocenters. The molecule has 25 heavy (non-hydrogen) atoms. The SMILES string of the molecule is O=C(/C=C/c1ccccc1)Nc1ccc(Oc2ccccc2F)nc1. The fourth-order valence-electron chi connectivity index (χ4n) is 2.07. The number of ether oxygens (including phenoxy) is 1. The summed E-state index contributed by atoms with van der Waals surface area (Å²) in [6.07, 6.45) is 4.61. The molecule has 0 fully saturated rings. The minimum absolute atomic E-state index is 0.0950. The molecule has 0 radical (unpaired) electrons. The van der Waals surface area contributed by atoms with E-state index >= 15 is 0 Å². The maximum atomic E-state index is 13.5. The highest BCUT2D eigenvalue weighted by molar-refractivity contribution is 6.01. The van der Waals surface area contributed by atoms with Crippen molar-refractivity contribution >= 4 is 17.7 Å². The molecule has 1 heterocycles. The summed E-state index contributed by atoms with van der Waals surface area (Å²) in [5, 5.41) is 2.70. The van der Waals surface area contributed by atoms with Crippen LogP contribution in [0.25, 0.3) is 6.08 Å². The number of hydrogen-bond acceptors (Lipinski definition) is 3. The van der Waals surface area contributed by atoms with Crippen molar-refractivity contribution < 1.29 is 13.9 Å². The number of aromatic nitrogens is 1. The average molecular weight is 334 g/mol. The third kappa shape index (κ3) is 4.75. The lowest BCUT2D eigenvalue weighted by molar-refractivity contribution is -0.111. The molecule has 0 aliphatic rings. The summed E-state index contributed by atoms with van der Waals surface area (Å²) in [6, 6.07) is 18.8. The number of hydrogen-bond donors (Lipinski definition) is 1. The second-order valence-electron chi connectivity index (χ2n) is 5.15. The van der Waals surface area contributed by atoms with Crippen LogP contribution in [0.5, 0.6) is 11.6 Å². The Morgan fingerprint density at radius 3 is 2.48 bits per heavy atom. The van der Waals surface area contributed by atoms with Gasteiger partial charge in [0.2, 0.25) is 11.8 Å². The highest BCUT2D eigenvalue weighted by Crippen LogP contribution is 2.23. The molecule has 0 aliphatic heterocycles. The van der Waals surface area contributed by atoms with Crippen LogP contribution in [0.2, 0.25) is 0 Å². The predicted octanol–water partition coefficient (Wildman–Crippen LogP) is 4.66. The Hall–Kier alpha value is -3.47. The zero-order valence-electron chi connectivity index (χ0n) is 13.2. The first-order valence-corrected chi connectivity index (χ1v) is 7.63. The number of carbonyl (C=O) groups is 1. The number of para-hydroxylation sites is 1. The summed E-state index contributed by atoms with van der Waals surface area (Å²) in [7, 11) is 0. The predicted molar refractivity (Wildman–Crippen MR) is 94.8 cm³/mol. The lowest BCUT2D eigenvalue weighted by Crippen LogP contribution is -2.07. The third-order valence-electron chi connectivity index (χ3n) is 3.28. The number of carbonyl (C=O) groups excluding carboxylic acids is 1. The first kappa shape index (κ1) is 16.4. The molecule has 5 heteroatoms. The molecule has 4 nitrogen and oxygen atoms in total. The van der Waals surface area contributed by atoms with Crippen molar-refractivity contribution in [2.75, 3.05) is 5.32 Å². The van der Waals surface area contributed by atoms with E-state index in [0.29, 0.717) is 5.69 Å². The Bertz CT molecular complexity index is 878. The molecule has 0 saturated carbocycles. The summed E-state index contributed by atoms with van der Waals surface area (Å²) in [6.45, 7) is 0. The molecule has 1 aromatic heterocycles. The van der Waals surface area contributed by atoms with Crippen LogP contribution >= 0.6 is 0 Å². The quantitative estimate of drug-likeness (QED) is 0.690. The van der Waals surface area contributed by atoms with Crippen molar-refractivity contribution in [1.29, 1.82) is 0 Å². The maximum absolute atomic E-state index is 13.5. The standard InChI is InChI=1S/C20H15FN2O2/c21-17-8-4-5-9-18(17)25-20-13-11-16(14-22-20)23-19(24)12-10-15-6-2-1-3-7-15/h1-14H,(H,23,24)/b12-10+. The highest BCUT2D eigenvalue weighted by Gasteiger charge is 2.05. The van der Waals surface area contributed by atoms with Gasteiger partial charge in [0.1, 0.15) is 0 Å². The van der Waals surface area contributed by atoms with Gasteiger partial charge in [-0.05, 0) is 29.8 Å². The van der Waals surface area contributed by atoms with Gasteiger partial charge in [0, 0.05) is 12.1 Å². The van der Waals surface area contributed by atoms with Crippen LogP contribution in [0.3, 0.4) is 0 Å². The minimum atomic E-state index is -0.465. The molecule has 1 N–H and O–H groups in total. The third-order valence-corrected chi connectivity index (χ3v) is 3.28. The number of anilines is 1. The Balaban J connectivity index is 1.60. The second kappa shape index (κ2) is 7.88. The minimum Gasteiger partial charge on any atom is -0.436 e. The summed E-state index contributed by atoms with van der Waals surface area (Å²) in [5.41, 5.74) is 1.45. The summed E-state index contributed by atoms with van der Waals surface area (Å²) < 4.78 is 18.9. The van der Waals surface area contributed by atoms with E-state index in [-0.39, 0.29) is 17.5 Å². The van der Waals surface area contributed by atoms with E-state index in [9.17, 15) is 9.18 Å². The Morgan fingerprint density at radius 2 is 1.76 bits per heavy atom. The fourth-order valence-corrected chi connectivity index (χ4v) is 2.07. The average Bonchev–Trinajstić information content (AvgIpc) is 2.64. The molecule has 0 spiro atoms. The van der Waals surface area contributed by atoms with E-state index in [4.69, 9.17) is 4.74 Å². The van der Waals surface area contributed by atoms with Crippen LogP contribution < -0.4 is 10.1 Å². The molecule has 0 bridgehead atoms. The van der Waals surface area contributed by atoms with Crippen LogP contribution in [-0.2, 0) is 4.79 Å². The van der Waals surface area contributed by atoms with Crippen LogP contribution in [0.15, 0.2) is 79.0 Å². The van der Waals surface area contributed by atoms with E-state index < -0.39 is 5.82 Å². The highest BCUT2D eigenvalue weighted by atomic mass is 19.1. The molecule has 0 saturated heterocycles. The van der Waals surface area contributed by atoms with Crippen LogP contribution in [-0.4, -0.2) is 10.9 Å². The number of nitrogens with one attached hydrogen (secondary N) is 1. The summed E-state index contributed by atoms with van der Waals surface area (Å²) in [5.74, 6) is -0.401. The zero-order chi connectivity index (χ0) is 17.5. The zero-order valence-corrected chi connectivity index (χ0v) is 13.2.